The van der Waals surface area contributed by atoms with Gasteiger partial charge in [-0.15, -0.1) is 0 Å². The van der Waals surface area contributed by atoms with Crippen molar-refractivity contribution in [3.8, 4) is 0 Å². The summed E-state index contributed by atoms with van der Waals surface area (Å²) in [6, 6.07) is 0. The summed E-state index contributed by atoms with van der Waals surface area (Å²) < 4.78 is 5.50. The van der Waals surface area contributed by atoms with Crippen LogP contribution in [0.5, 0.6) is 0 Å². The second-order valence-corrected chi connectivity index (χ2v) is 4.40. The number of aliphatic hydroxyl groups is 1. The molecule has 0 spiro atoms. The van der Waals surface area contributed by atoms with Crippen LogP contribution in [0.3, 0.4) is 0 Å². The first kappa shape index (κ1) is 8.52. The van der Waals surface area contributed by atoms with Crippen molar-refractivity contribution in [1.82, 2.24) is 0 Å². The molecule has 2 nitrogen and oxygen atoms in total. The van der Waals surface area contributed by atoms with Gasteiger partial charge in [0, 0.05) is 0 Å². The van der Waals surface area contributed by atoms with Gasteiger partial charge in [-0.3, -0.25) is 0 Å². The summed E-state index contributed by atoms with van der Waals surface area (Å²) in [7, 11) is 0. The molecule has 0 radical (unpaired) electrons. The summed E-state index contributed by atoms with van der Waals surface area (Å²) in [5.41, 5.74) is 0. The van der Waals surface area contributed by atoms with Crippen LogP contribution in [-0.4, -0.2) is 23.9 Å². The van der Waals surface area contributed by atoms with Gasteiger partial charge in [-0.2, -0.15) is 0 Å². The van der Waals surface area contributed by atoms with Crippen LogP contribution >= 0.6 is 0 Å². The zero-order valence-electron chi connectivity index (χ0n) is 7.86. The Morgan fingerprint density at radius 3 is 2.67 bits per heavy atom. The van der Waals surface area contributed by atoms with E-state index in [1.54, 1.807) is 0 Å². The highest BCUT2D eigenvalue weighted by molar-refractivity contribution is 4.92. The van der Waals surface area contributed by atoms with Crippen molar-refractivity contribution in [3.05, 3.63) is 0 Å². The maximum Gasteiger partial charge on any atom is 0.0808 e. The lowest BCUT2D eigenvalue weighted by atomic mass is 9.81. The van der Waals surface area contributed by atoms with Crippen molar-refractivity contribution in [2.24, 2.45) is 17.8 Å². The number of hydrogen-bond donors (Lipinski definition) is 1. The molecule has 2 rings (SSSR count). The molecule has 2 fully saturated rings. The second kappa shape index (κ2) is 3.00. The summed E-state index contributed by atoms with van der Waals surface area (Å²) in [6.45, 7) is 4.94. The summed E-state index contributed by atoms with van der Waals surface area (Å²) in [5, 5.41) is 9.74. The van der Waals surface area contributed by atoms with E-state index in [1.165, 1.54) is 12.8 Å². The molecule has 5 atom stereocenters. The summed E-state index contributed by atoms with van der Waals surface area (Å²) in [5.74, 6) is 1.81. The molecule has 1 saturated carbocycles. The van der Waals surface area contributed by atoms with E-state index < -0.39 is 0 Å². The summed E-state index contributed by atoms with van der Waals surface area (Å²) in [6.07, 6.45) is 2.66. The minimum absolute atomic E-state index is 0.205. The van der Waals surface area contributed by atoms with E-state index in [0.717, 1.165) is 0 Å². The van der Waals surface area contributed by atoms with E-state index in [2.05, 4.69) is 13.8 Å². The van der Waals surface area contributed by atoms with E-state index in [1.807, 2.05) is 0 Å². The molecule has 2 heteroatoms. The number of ether oxygens (including phenoxy) is 1. The average Bonchev–Trinajstić information content (AvgIpc) is 2.42. The Labute approximate surface area is 73.9 Å². The standard InChI is InChI=1S/C10H18O2/c1-6-3-4-8-7(2)12-5-9(11)10(6)8/h6-11H,3-5H2,1-2H3/t6-,7-,8+,9-,10-/m0/s1. The van der Waals surface area contributed by atoms with E-state index in [-0.39, 0.29) is 6.10 Å². The van der Waals surface area contributed by atoms with Gasteiger partial charge in [0.25, 0.3) is 0 Å². The first-order valence-electron chi connectivity index (χ1n) is 5.00. The molecule has 70 valence electrons. The largest absolute Gasteiger partial charge is 0.390 e. The molecule has 0 unspecified atom stereocenters. The number of hydrogen-bond acceptors (Lipinski definition) is 2. The summed E-state index contributed by atoms with van der Waals surface area (Å²) >= 11 is 0. The Bertz CT molecular complexity index is 169. The maximum atomic E-state index is 9.74. The van der Waals surface area contributed by atoms with Gasteiger partial charge in [-0.25, -0.2) is 0 Å². The monoisotopic (exact) mass is 170 g/mol. The Hall–Kier alpha value is -0.0800. The first-order valence-corrected chi connectivity index (χ1v) is 5.00. The Morgan fingerprint density at radius 1 is 1.25 bits per heavy atom. The highest BCUT2D eigenvalue weighted by atomic mass is 16.5. The third kappa shape index (κ3) is 1.17. The SMILES string of the molecule is C[C@@H]1OC[C@H](O)[C@@H]2[C@@H]1CC[C@@H]2C. The van der Waals surface area contributed by atoms with Crippen molar-refractivity contribution < 1.29 is 9.84 Å². The van der Waals surface area contributed by atoms with Crippen LogP contribution in [-0.2, 0) is 4.74 Å². The number of rotatable bonds is 0. The molecular formula is C10H18O2. The van der Waals surface area contributed by atoms with Crippen molar-refractivity contribution in [2.45, 2.75) is 38.9 Å². The Morgan fingerprint density at radius 2 is 2.00 bits per heavy atom. The smallest absolute Gasteiger partial charge is 0.0808 e. The molecule has 2 aliphatic rings. The molecule has 1 saturated heterocycles. The van der Waals surface area contributed by atoms with Gasteiger partial charge in [0.1, 0.15) is 0 Å². The molecule has 1 N–H and O–H groups in total. The zero-order valence-corrected chi connectivity index (χ0v) is 7.86. The lowest BCUT2D eigenvalue weighted by Gasteiger charge is -2.37. The predicted molar refractivity (Wildman–Crippen MR) is 46.8 cm³/mol. The van der Waals surface area contributed by atoms with Crippen molar-refractivity contribution in [2.75, 3.05) is 6.61 Å². The Kier molecular flexibility index (Phi) is 2.13. The molecule has 0 aromatic heterocycles. The second-order valence-electron chi connectivity index (χ2n) is 4.40. The fourth-order valence-electron chi connectivity index (χ4n) is 2.96. The quantitative estimate of drug-likeness (QED) is 0.596. The van der Waals surface area contributed by atoms with Crippen LogP contribution in [0, 0.1) is 17.8 Å². The van der Waals surface area contributed by atoms with Gasteiger partial charge in [0.15, 0.2) is 0 Å². The molecule has 1 aliphatic carbocycles. The van der Waals surface area contributed by atoms with Gasteiger partial charge >= 0.3 is 0 Å². The molecule has 0 aromatic rings. The van der Waals surface area contributed by atoms with E-state index in [0.29, 0.717) is 30.5 Å². The fourth-order valence-corrected chi connectivity index (χ4v) is 2.96. The maximum absolute atomic E-state index is 9.74. The van der Waals surface area contributed by atoms with Crippen LogP contribution in [0.1, 0.15) is 26.7 Å². The van der Waals surface area contributed by atoms with Crippen LogP contribution in [0.2, 0.25) is 0 Å². The molecule has 0 bridgehead atoms. The highest BCUT2D eigenvalue weighted by Crippen LogP contribution is 2.44. The zero-order chi connectivity index (χ0) is 8.72. The third-order valence-electron chi connectivity index (χ3n) is 3.68. The van der Waals surface area contributed by atoms with Gasteiger partial charge in [0.2, 0.25) is 0 Å². The van der Waals surface area contributed by atoms with E-state index in [9.17, 15) is 5.11 Å². The van der Waals surface area contributed by atoms with Crippen LogP contribution in [0.15, 0.2) is 0 Å². The van der Waals surface area contributed by atoms with Gasteiger partial charge in [-0.1, -0.05) is 6.92 Å². The molecule has 1 heterocycles. The van der Waals surface area contributed by atoms with Gasteiger partial charge in [-0.05, 0) is 37.5 Å². The van der Waals surface area contributed by atoms with Gasteiger partial charge in [0.05, 0.1) is 18.8 Å². The van der Waals surface area contributed by atoms with Crippen LogP contribution < -0.4 is 0 Å². The van der Waals surface area contributed by atoms with Crippen LogP contribution in [0.25, 0.3) is 0 Å². The summed E-state index contributed by atoms with van der Waals surface area (Å²) in [4.78, 5) is 0. The highest BCUT2D eigenvalue weighted by Gasteiger charge is 2.44. The topological polar surface area (TPSA) is 29.5 Å². The molecule has 0 aromatic carbocycles. The van der Waals surface area contributed by atoms with E-state index >= 15 is 0 Å². The normalized spacial score (nSPS) is 53.8. The first-order chi connectivity index (χ1) is 5.70. The molecule has 0 amide bonds. The third-order valence-corrected chi connectivity index (χ3v) is 3.68. The molecular weight excluding hydrogens is 152 g/mol. The lowest BCUT2D eigenvalue weighted by Crippen LogP contribution is -2.43. The Balaban J connectivity index is 2.13. The molecule has 1 aliphatic heterocycles. The minimum atomic E-state index is -0.205. The lowest BCUT2D eigenvalue weighted by molar-refractivity contribution is -0.116. The van der Waals surface area contributed by atoms with Crippen molar-refractivity contribution in [3.63, 3.8) is 0 Å². The van der Waals surface area contributed by atoms with Crippen molar-refractivity contribution >= 4 is 0 Å². The van der Waals surface area contributed by atoms with Gasteiger partial charge < -0.3 is 9.84 Å². The van der Waals surface area contributed by atoms with Crippen LogP contribution in [0.4, 0.5) is 0 Å². The number of fused-ring (bicyclic) bond motifs is 1. The van der Waals surface area contributed by atoms with Crippen molar-refractivity contribution in [1.29, 1.82) is 0 Å². The number of aliphatic hydroxyl groups excluding tert-OH is 1. The predicted octanol–water partition coefficient (Wildman–Crippen LogP) is 1.43. The minimum Gasteiger partial charge on any atom is -0.390 e. The molecule has 12 heavy (non-hydrogen) atoms. The fraction of sp³-hybridized carbons (Fsp3) is 1.00. The van der Waals surface area contributed by atoms with E-state index in [4.69, 9.17) is 4.74 Å². The average molecular weight is 170 g/mol.